The standard InChI is InChI=1S/C17H25N3O4/c1-14(21)18-13-17(22)20-9-7-19(8-10-20)11-12-24-16-5-3-15(23-2)4-6-16/h3-6H,7-13H2,1-2H3,(H,18,21). The van der Waals surface area contributed by atoms with E-state index in [0.29, 0.717) is 19.7 Å². The molecular weight excluding hydrogens is 310 g/mol. The van der Waals surface area contributed by atoms with Gasteiger partial charge in [-0.3, -0.25) is 14.5 Å². The SMILES string of the molecule is COc1ccc(OCCN2CCN(C(=O)CNC(C)=O)CC2)cc1. The van der Waals surface area contributed by atoms with Gasteiger partial charge in [0.05, 0.1) is 13.7 Å². The van der Waals surface area contributed by atoms with Crippen LogP contribution in [0.5, 0.6) is 11.5 Å². The molecule has 1 fully saturated rings. The van der Waals surface area contributed by atoms with Gasteiger partial charge in [0.15, 0.2) is 0 Å². The number of piperazine rings is 1. The van der Waals surface area contributed by atoms with Crippen molar-refractivity contribution in [3.8, 4) is 11.5 Å². The van der Waals surface area contributed by atoms with Crippen LogP contribution < -0.4 is 14.8 Å². The predicted molar refractivity (Wildman–Crippen MR) is 90.2 cm³/mol. The molecule has 1 aliphatic rings. The fraction of sp³-hybridized carbons (Fsp3) is 0.529. The minimum Gasteiger partial charge on any atom is -0.497 e. The molecule has 24 heavy (non-hydrogen) atoms. The number of nitrogens with zero attached hydrogens (tertiary/aromatic N) is 2. The van der Waals surface area contributed by atoms with Gasteiger partial charge in [-0.1, -0.05) is 0 Å². The molecule has 0 radical (unpaired) electrons. The third kappa shape index (κ3) is 5.73. The predicted octanol–water partition coefficient (Wildman–Crippen LogP) is 0.354. The van der Waals surface area contributed by atoms with E-state index in [4.69, 9.17) is 9.47 Å². The van der Waals surface area contributed by atoms with Gasteiger partial charge in [-0.05, 0) is 24.3 Å². The minimum atomic E-state index is -0.183. The fourth-order valence-electron chi connectivity index (χ4n) is 2.50. The number of ether oxygens (including phenoxy) is 2. The summed E-state index contributed by atoms with van der Waals surface area (Å²) < 4.78 is 10.8. The molecule has 0 aliphatic carbocycles. The first kappa shape index (κ1) is 18.1. The number of amides is 2. The van der Waals surface area contributed by atoms with Crippen molar-refractivity contribution >= 4 is 11.8 Å². The molecule has 1 N–H and O–H groups in total. The van der Waals surface area contributed by atoms with Crippen LogP contribution in [0.3, 0.4) is 0 Å². The number of hydrogen-bond acceptors (Lipinski definition) is 5. The van der Waals surface area contributed by atoms with Crippen LogP contribution in [0.15, 0.2) is 24.3 Å². The zero-order chi connectivity index (χ0) is 17.4. The zero-order valence-corrected chi connectivity index (χ0v) is 14.3. The Morgan fingerprint density at radius 2 is 1.71 bits per heavy atom. The summed E-state index contributed by atoms with van der Waals surface area (Å²) >= 11 is 0. The maximum Gasteiger partial charge on any atom is 0.242 e. The van der Waals surface area contributed by atoms with Crippen molar-refractivity contribution in [2.45, 2.75) is 6.92 Å². The van der Waals surface area contributed by atoms with E-state index < -0.39 is 0 Å². The Morgan fingerprint density at radius 1 is 1.08 bits per heavy atom. The van der Waals surface area contributed by atoms with Gasteiger partial charge >= 0.3 is 0 Å². The molecule has 7 heteroatoms. The molecule has 0 spiro atoms. The number of hydrogen-bond donors (Lipinski definition) is 1. The molecule has 1 aromatic carbocycles. The molecule has 1 heterocycles. The smallest absolute Gasteiger partial charge is 0.242 e. The highest BCUT2D eigenvalue weighted by molar-refractivity contribution is 5.83. The largest absolute Gasteiger partial charge is 0.497 e. The molecular formula is C17H25N3O4. The van der Waals surface area contributed by atoms with Gasteiger partial charge in [0, 0.05) is 39.6 Å². The second-order valence-corrected chi connectivity index (χ2v) is 5.66. The Morgan fingerprint density at radius 3 is 2.29 bits per heavy atom. The summed E-state index contributed by atoms with van der Waals surface area (Å²) in [6.45, 7) is 5.91. The molecule has 1 saturated heterocycles. The number of benzene rings is 1. The molecule has 2 rings (SSSR count). The third-order valence-corrected chi connectivity index (χ3v) is 3.95. The average molecular weight is 335 g/mol. The van der Waals surface area contributed by atoms with Gasteiger partial charge in [0.2, 0.25) is 11.8 Å². The van der Waals surface area contributed by atoms with Crippen molar-refractivity contribution in [1.82, 2.24) is 15.1 Å². The quantitative estimate of drug-likeness (QED) is 0.779. The lowest BCUT2D eigenvalue weighted by atomic mass is 10.3. The molecule has 0 unspecified atom stereocenters. The minimum absolute atomic E-state index is 0.0284. The van der Waals surface area contributed by atoms with E-state index in [-0.39, 0.29) is 18.4 Å². The van der Waals surface area contributed by atoms with Crippen molar-refractivity contribution in [3.05, 3.63) is 24.3 Å². The number of carbonyl (C=O) groups is 2. The monoisotopic (exact) mass is 335 g/mol. The number of nitrogens with one attached hydrogen (secondary N) is 1. The Bertz CT molecular complexity index is 539. The van der Waals surface area contributed by atoms with Crippen LogP contribution in [0.25, 0.3) is 0 Å². The summed E-state index contributed by atoms with van der Waals surface area (Å²) in [4.78, 5) is 26.8. The van der Waals surface area contributed by atoms with Crippen molar-refractivity contribution < 1.29 is 19.1 Å². The first-order valence-electron chi connectivity index (χ1n) is 8.10. The number of carbonyl (C=O) groups excluding carboxylic acids is 2. The first-order chi connectivity index (χ1) is 11.6. The second kappa shape index (κ2) is 9.12. The average Bonchev–Trinajstić information content (AvgIpc) is 2.61. The van der Waals surface area contributed by atoms with Crippen molar-refractivity contribution in [2.24, 2.45) is 0 Å². The molecule has 0 aromatic heterocycles. The summed E-state index contributed by atoms with van der Waals surface area (Å²) in [6.07, 6.45) is 0. The Kier molecular flexibility index (Phi) is 6.87. The van der Waals surface area contributed by atoms with E-state index in [9.17, 15) is 9.59 Å². The van der Waals surface area contributed by atoms with Crippen LogP contribution in [0.2, 0.25) is 0 Å². The van der Waals surface area contributed by atoms with E-state index in [2.05, 4.69) is 10.2 Å². The first-order valence-corrected chi connectivity index (χ1v) is 8.10. The van der Waals surface area contributed by atoms with E-state index in [1.807, 2.05) is 24.3 Å². The van der Waals surface area contributed by atoms with Crippen LogP contribution in [0, 0.1) is 0 Å². The van der Waals surface area contributed by atoms with Crippen LogP contribution in [-0.4, -0.2) is 74.6 Å². The van der Waals surface area contributed by atoms with Gasteiger partial charge in [-0.15, -0.1) is 0 Å². The lowest BCUT2D eigenvalue weighted by molar-refractivity contribution is -0.134. The third-order valence-electron chi connectivity index (χ3n) is 3.95. The van der Waals surface area contributed by atoms with E-state index in [1.165, 1.54) is 6.92 Å². The van der Waals surface area contributed by atoms with Crippen molar-refractivity contribution in [1.29, 1.82) is 0 Å². The molecule has 0 bridgehead atoms. The maximum absolute atomic E-state index is 11.9. The summed E-state index contributed by atoms with van der Waals surface area (Å²) in [5.74, 6) is 1.42. The highest BCUT2D eigenvalue weighted by Crippen LogP contribution is 2.16. The van der Waals surface area contributed by atoms with E-state index >= 15 is 0 Å². The molecule has 1 aliphatic heterocycles. The summed E-state index contributed by atoms with van der Waals surface area (Å²) in [5, 5.41) is 2.54. The maximum atomic E-state index is 11.9. The molecule has 2 amide bonds. The van der Waals surface area contributed by atoms with Gasteiger partial charge in [-0.25, -0.2) is 0 Å². The lowest BCUT2D eigenvalue weighted by Crippen LogP contribution is -2.51. The van der Waals surface area contributed by atoms with Gasteiger partial charge < -0.3 is 19.7 Å². The highest BCUT2D eigenvalue weighted by atomic mass is 16.5. The van der Waals surface area contributed by atoms with Crippen LogP contribution >= 0.6 is 0 Å². The Hall–Kier alpha value is -2.28. The topological polar surface area (TPSA) is 71.1 Å². The fourth-order valence-corrected chi connectivity index (χ4v) is 2.50. The molecule has 0 saturated carbocycles. The molecule has 132 valence electrons. The molecule has 1 aromatic rings. The highest BCUT2D eigenvalue weighted by Gasteiger charge is 2.20. The molecule has 0 atom stereocenters. The van der Waals surface area contributed by atoms with E-state index in [1.54, 1.807) is 12.0 Å². The van der Waals surface area contributed by atoms with Gasteiger partial charge in [0.25, 0.3) is 0 Å². The summed E-state index contributed by atoms with van der Waals surface area (Å²) in [7, 11) is 1.64. The number of methoxy groups -OCH3 is 1. The van der Waals surface area contributed by atoms with Crippen LogP contribution in [0.1, 0.15) is 6.92 Å². The summed E-state index contributed by atoms with van der Waals surface area (Å²) in [5.41, 5.74) is 0. The second-order valence-electron chi connectivity index (χ2n) is 5.66. The van der Waals surface area contributed by atoms with Crippen LogP contribution in [-0.2, 0) is 9.59 Å². The van der Waals surface area contributed by atoms with Crippen molar-refractivity contribution in [2.75, 3.05) is 53.0 Å². The van der Waals surface area contributed by atoms with Gasteiger partial charge in [0.1, 0.15) is 18.1 Å². The Balaban J connectivity index is 1.64. The van der Waals surface area contributed by atoms with Gasteiger partial charge in [-0.2, -0.15) is 0 Å². The molecule has 7 nitrogen and oxygen atoms in total. The van der Waals surface area contributed by atoms with Crippen LogP contribution in [0.4, 0.5) is 0 Å². The van der Waals surface area contributed by atoms with Crippen molar-refractivity contribution in [3.63, 3.8) is 0 Å². The normalized spacial score (nSPS) is 15.0. The Labute approximate surface area is 142 Å². The number of rotatable bonds is 7. The van der Waals surface area contributed by atoms with E-state index in [0.717, 1.165) is 31.1 Å². The lowest BCUT2D eigenvalue weighted by Gasteiger charge is -2.34. The summed E-state index contributed by atoms with van der Waals surface area (Å²) in [6, 6.07) is 7.51. The zero-order valence-electron chi connectivity index (χ0n) is 14.3.